The number of benzene rings is 2. The Kier molecular flexibility index (Phi) is 5.46. The second kappa shape index (κ2) is 8.70. The van der Waals surface area contributed by atoms with Crippen molar-refractivity contribution >= 4 is 22.9 Å². The monoisotopic (exact) mass is 427 g/mol. The van der Waals surface area contributed by atoms with Gasteiger partial charge in [0.25, 0.3) is 5.91 Å². The van der Waals surface area contributed by atoms with Gasteiger partial charge in [-0.15, -0.1) is 11.3 Å². The predicted octanol–water partition coefficient (Wildman–Crippen LogP) is 5.23. The molecule has 0 saturated carbocycles. The molecule has 2 aromatic carbocycles. The molecule has 0 aliphatic carbocycles. The number of anilines is 1. The van der Waals surface area contributed by atoms with Gasteiger partial charge in [-0.1, -0.05) is 36.4 Å². The fourth-order valence-corrected chi connectivity index (χ4v) is 4.51. The fourth-order valence-electron chi connectivity index (χ4n) is 3.71. The molecule has 0 N–H and O–H groups in total. The summed E-state index contributed by atoms with van der Waals surface area (Å²) < 4.78 is 5.68. The number of aromatic nitrogens is 2. The van der Waals surface area contributed by atoms with Crippen molar-refractivity contribution in [1.29, 1.82) is 0 Å². The average Bonchev–Trinajstić information content (AvgIpc) is 3.32. The summed E-state index contributed by atoms with van der Waals surface area (Å²) in [5.41, 5.74) is 4.79. The van der Waals surface area contributed by atoms with Crippen LogP contribution in [0, 0.1) is 0 Å². The summed E-state index contributed by atoms with van der Waals surface area (Å²) in [5.74, 6) is 0.730. The molecular formula is C25H21N3O2S. The van der Waals surface area contributed by atoms with Crippen LogP contribution in [0.15, 0.2) is 78.3 Å². The molecule has 3 heterocycles. The largest absolute Gasteiger partial charge is 0.482 e. The first kappa shape index (κ1) is 19.5. The van der Waals surface area contributed by atoms with E-state index < -0.39 is 0 Å². The lowest BCUT2D eigenvalue weighted by molar-refractivity contribution is -0.121. The second-order valence-corrected chi connectivity index (χ2v) is 8.22. The number of nitrogens with zero attached hydrogens (tertiary/aromatic N) is 3. The van der Waals surface area contributed by atoms with Crippen LogP contribution in [0.5, 0.6) is 5.75 Å². The summed E-state index contributed by atoms with van der Waals surface area (Å²) in [5, 5.41) is 2.90. The Labute approximate surface area is 185 Å². The van der Waals surface area contributed by atoms with Gasteiger partial charge in [-0.2, -0.15) is 0 Å². The molecule has 5 rings (SSSR count). The quantitative estimate of drug-likeness (QED) is 0.423. The van der Waals surface area contributed by atoms with Crippen LogP contribution in [-0.4, -0.2) is 29.0 Å². The van der Waals surface area contributed by atoms with Gasteiger partial charge in [0.05, 0.1) is 17.1 Å². The van der Waals surface area contributed by atoms with Crippen molar-refractivity contribution in [2.45, 2.75) is 12.8 Å². The molecule has 1 aliphatic rings. The van der Waals surface area contributed by atoms with Crippen molar-refractivity contribution in [2.24, 2.45) is 0 Å². The highest BCUT2D eigenvalue weighted by Crippen LogP contribution is 2.37. The van der Waals surface area contributed by atoms with Gasteiger partial charge in [0.2, 0.25) is 0 Å². The fraction of sp³-hybridized carbons (Fsp3) is 0.160. The highest BCUT2D eigenvalue weighted by molar-refractivity contribution is 7.13. The summed E-state index contributed by atoms with van der Waals surface area (Å²) >= 11 is 1.56. The van der Waals surface area contributed by atoms with Crippen LogP contribution in [0.1, 0.15) is 12.0 Å². The normalized spacial score (nSPS) is 13.0. The Morgan fingerprint density at radius 2 is 1.87 bits per heavy atom. The first-order valence-corrected chi connectivity index (χ1v) is 11.1. The van der Waals surface area contributed by atoms with E-state index in [0.717, 1.165) is 46.2 Å². The molecule has 0 radical (unpaired) electrons. The lowest BCUT2D eigenvalue weighted by atomic mass is 10.1. The van der Waals surface area contributed by atoms with E-state index in [1.807, 2.05) is 64.9 Å². The van der Waals surface area contributed by atoms with Crippen LogP contribution in [0.3, 0.4) is 0 Å². The number of aryl methyl sites for hydroxylation is 1. The average molecular weight is 428 g/mol. The van der Waals surface area contributed by atoms with Crippen molar-refractivity contribution in [3.8, 4) is 27.7 Å². The number of fused-ring (bicyclic) bond motifs is 1. The van der Waals surface area contributed by atoms with Crippen LogP contribution in [0.2, 0.25) is 0 Å². The van der Waals surface area contributed by atoms with E-state index in [-0.39, 0.29) is 12.5 Å². The van der Waals surface area contributed by atoms with Crippen LogP contribution in [-0.2, 0) is 11.2 Å². The number of ether oxygens (including phenoxy) is 1. The van der Waals surface area contributed by atoms with Crippen molar-refractivity contribution in [1.82, 2.24) is 9.97 Å². The Morgan fingerprint density at radius 3 is 2.71 bits per heavy atom. The zero-order valence-electron chi connectivity index (χ0n) is 16.9. The van der Waals surface area contributed by atoms with Gasteiger partial charge in [0, 0.05) is 23.7 Å². The molecule has 0 unspecified atom stereocenters. The molecule has 4 aromatic rings. The topological polar surface area (TPSA) is 55.3 Å². The third kappa shape index (κ3) is 4.20. The minimum Gasteiger partial charge on any atom is -0.482 e. The van der Waals surface area contributed by atoms with Gasteiger partial charge in [0.1, 0.15) is 10.8 Å². The number of hydrogen-bond donors (Lipinski definition) is 0. The third-order valence-electron chi connectivity index (χ3n) is 5.28. The van der Waals surface area contributed by atoms with E-state index in [0.29, 0.717) is 6.54 Å². The van der Waals surface area contributed by atoms with Crippen LogP contribution < -0.4 is 9.64 Å². The van der Waals surface area contributed by atoms with Crippen molar-refractivity contribution < 1.29 is 9.53 Å². The first-order valence-electron chi connectivity index (χ1n) is 10.3. The molecule has 31 heavy (non-hydrogen) atoms. The van der Waals surface area contributed by atoms with Gasteiger partial charge in [-0.05, 0) is 48.7 Å². The van der Waals surface area contributed by atoms with Crippen molar-refractivity contribution in [3.63, 3.8) is 0 Å². The summed E-state index contributed by atoms with van der Waals surface area (Å²) in [6.07, 6.45) is 3.59. The molecule has 6 heteroatoms. The van der Waals surface area contributed by atoms with E-state index in [1.165, 1.54) is 5.56 Å². The summed E-state index contributed by atoms with van der Waals surface area (Å²) in [4.78, 5) is 23.6. The van der Waals surface area contributed by atoms with Gasteiger partial charge >= 0.3 is 0 Å². The summed E-state index contributed by atoms with van der Waals surface area (Å²) in [7, 11) is 0. The zero-order valence-corrected chi connectivity index (χ0v) is 17.7. The third-order valence-corrected chi connectivity index (χ3v) is 6.14. The van der Waals surface area contributed by atoms with E-state index in [1.54, 1.807) is 17.5 Å². The lowest BCUT2D eigenvalue weighted by Gasteiger charge is -2.29. The number of thiazole rings is 1. The van der Waals surface area contributed by atoms with Crippen LogP contribution in [0.4, 0.5) is 5.69 Å². The van der Waals surface area contributed by atoms with E-state index >= 15 is 0 Å². The van der Waals surface area contributed by atoms with E-state index in [2.05, 4.69) is 17.1 Å². The van der Waals surface area contributed by atoms with Crippen molar-refractivity contribution in [3.05, 3.63) is 83.9 Å². The molecule has 1 aliphatic heterocycles. The maximum absolute atomic E-state index is 12.6. The minimum atomic E-state index is -0.00911. The molecule has 0 spiro atoms. The summed E-state index contributed by atoms with van der Waals surface area (Å²) in [6, 6.07) is 22.1. The highest BCUT2D eigenvalue weighted by atomic mass is 32.1. The summed E-state index contributed by atoms with van der Waals surface area (Å²) in [6.45, 7) is 0.738. The second-order valence-electron chi connectivity index (χ2n) is 7.36. The van der Waals surface area contributed by atoms with Gasteiger partial charge in [-0.3, -0.25) is 9.78 Å². The SMILES string of the molecule is O=C1COc2ccc(-c3csc(-c4ccccn4)n3)cc2N1CCCc1ccccc1. The van der Waals surface area contributed by atoms with Crippen LogP contribution >= 0.6 is 11.3 Å². The lowest BCUT2D eigenvalue weighted by Crippen LogP contribution is -2.39. The number of amides is 1. The highest BCUT2D eigenvalue weighted by Gasteiger charge is 2.26. The maximum atomic E-state index is 12.6. The molecule has 0 saturated heterocycles. The minimum absolute atomic E-state index is 0.00911. The van der Waals surface area contributed by atoms with Gasteiger partial charge in [-0.25, -0.2) is 4.98 Å². The van der Waals surface area contributed by atoms with Crippen molar-refractivity contribution in [2.75, 3.05) is 18.1 Å². The molecular weight excluding hydrogens is 406 g/mol. The zero-order chi connectivity index (χ0) is 21.0. The van der Waals surface area contributed by atoms with Crippen LogP contribution in [0.25, 0.3) is 22.0 Å². The number of rotatable bonds is 6. The van der Waals surface area contributed by atoms with E-state index in [4.69, 9.17) is 9.72 Å². The molecule has 0 bridgehead atoms. The number of carbonyl (C=O) groups is 1. The standard InChI is InChI=1S/C25H21N3O2S/c29-24-16-30-23-12-11-19(21-17-31-25(27-21)20-10-4-5-13-26-20)15-22(23)28(24)14-6-9-18-7-2-1-3-8-18/h1-5,7-8,10-13,15,17H,6,9,14,16H2. The molecule has 2 aromatic heterocycles. The first-order chi connectivity index (χ1) is 15.3. The Hall–Kier alpha value is -3.51. The maximum Gasteiger partial charge on any atom is 0.265 e. The van der Waals surface area contributed by atoms with E-state index in [9.17, 15) is 4.79 Å². The Balaban J connectivity index is 1.38. The smallest absolute Gasteiger partial charge is 0.265 e. The molecule has 154 valence electrons. The number of pyridine rings is 1. The molecule has 5 nitrogen and oxygen atoms in total. The molecule has 0 atom stereocenters. The molecule has 1 amide bonds. The predicted molar refractivity (Wildman–Crippen MR) is 123 cm³/mol. The molecule has 0 fully saturated rings. The Bertz CT molecular complexity index is 1190. The number of carbonyl (C=O) groups excluding carboxylic acids is 1. The van der Waals surface area contributed by atoms with Gasteiger partial charge in [0.15, 0.2) is 6.61 Å². The number of hydrogen-bond acceptors (Lipinski definition) is 5. The van der Waals surface area contributed by atoms with Gasteiger partial charge < -0.3 is 9.64 Å². The Morgan fingerprint density at radius 1 is 1.00 bits per heavy atom.